The van der Waals surface area contributed by atoms with Gasteiger partial charge < -0.3 is 14.8 Å². The molecule has 0 aliphatic heterocycles. The van der Waals surface area contributed by atoms with E-state index in [1.165, 1.54) is 42.3 Å². The van der Waals surface area contributed by atoms with Gasteiger partial charge in [0.25, 0.3) is 0 Å². The lowest BCUT2D eigenvalue weighted by molar-refractivity contribution is -0.113. The van der Waals surface area contributed by atoms with Crippen LogP contribution in [0, 0.1) is 19.7 Å². The third kappa shape index (κ3) is 6.73. The number of allylic oxidation sites excluding steroid dienone is 1. The standard InChI is InChI=1S/C28H27FN4O4S2/c1-5-12-33-23(14-37-22-13-17(2)6-7-18(22)3)31-32-28(33)39-16-24(34)30-26-25(27(35)36-4)21(15-38-26)19-8-10-20(29)11-9-19/h5-11,13,15H,1,12,14,16H2,2-4H3,(H,30,34). The van der Waals surface area contributed by atoms with Gasteiger partial charge in [0.15, 0.2) is 11.0 Å². The second kappa shape index (κ2) is 12.7. The summed E-state index contributed by atoms with van der Waals surface area (Å²) in [5, 5.41) is 13.9. The van der Waals surface area contributed by atoms with Gasteiger partial charge in [0.05, 0.1) is 12.9 Å². The van der Waals surface area contributed by atoms with E-state index in [4.69, 9.17) is 9.47 Å². The van der Waals surface area contributed by atoms with E-state index in [1.54, 1.807) is 23.6 Å². The van der Waals surface area contributed by atoms with Crippen LogP contribution in [0.2, 0.25) is 0 Å². The number of rotatable bonds is 11. The van der Waals surface area contributed by atoms with Crippen molar-refractivity contribution in [1.82, 2.24) is 14.8 Å². The fraction of sp³-hybridized carbons (Fsp3) is 0.214. The smallest absolute Gasteiger partial charge is 0.341 e. The van der Waals surface area contributed by atoms with Crippen LogP contribution in [-0.2, 0) is 22.7 Å². The predicted octanol–water partition coefficient (Wildman–Crippen LogP) is 6.04. The summed E-state index contributed by atoms with van der Waals surface area (Å²) in [7, 11) is 1.27. The molecule has 1 N–H and O–H groups in total. The zero-order chi connectivity index (χ0) is 27.9. The second-order valence-electron chi connectivity index (χ2n) is 8.54. The summed E-state index contributed by atoms with van der Waals surface area (Å²) in [5.41, 5.74) is 3.51. The van der Waals surface area contributed by atoms with Crippen molar-refractivity contribution in [2.24, 2.45) is 0 Å². The fourth-order valence-corrected chi connectivity index (χ4v) is 5.48. The van der Waals surface area contributed by atoms with E-state index in [0.29, 0.717) is 33.7 Å². The van der Waals surface area contributed by atoms with Gasteiger partial charge in [-0.2, -0.15) is 0 Å². The Morgan fingerprint density at radius 1 is 1.18 bits per heavy atom. The Kier molecular flexibility index (Phi) is 9.15. The van der Waals surface area contributed by atoms with E-state index < -0.39 is 5.97 Å². The van der Waals surface area contributed by atoms with Crippen LogP contribution in [0.4, 0.5) is 9.39 Å². The van der Waals surface area contributed by atoms with Gasteiger partial charge in [0.1, 0.15) is 28.7 Å². The Balaban J connectivity index is 1.45. The number of carbonyl (C=O) groups is 2. The van der Waals surface area contributed by atoms with Crippen molar-refractivity contribution in [2.45, 2.75) is 32.2 Å². The lowest BCUT2D eigenvalue weighted by atomic mass is 10.0. The van der Waals surface area contributed by atoms with E-state index in [2.05, 4.69) is 22.1 Å². The number of benzene rings is 2. The molecule has 202 valence electrons. The number of aromatic nitrogens is 3. The Labute approximate surface area is 233 Å². The molecule has 8 nitrogen and oxygen atoms in total. The highest BCUT2D eigenvalue weighted by molar-refractivity contribution is 7.99. The molecule has 0 saturated carbocycles. The molecule has 11 heteroatoms. The van der Waals surface area contributed by atoms with Crippen molar-refractivity contribution < 1.29 is 23.5 Å². The summed E-state index contributed by atoms with van der Waals surface area (Å²) in [6.07, 6.45) is 1.72. The number of nitrogens with zero attached hydrogens (tertiary/aromatic N) is 3. The molecule has 39 heavy (non-hydrogen) atoms. The summed E-state index contributed by atoms with van der Waals surface area (Å²) in [5.74, 6) is 0.0838. The van der Waals surface area contributed by atoms with Crippen LogP contribution < -0.4 is 10.1 Å². The van der Waals surface area contributed by atoms with Gasteiger partial charge >= 0.3 is 5.97 Å². The molecule has 0 unspecified atom stereocenters. The summed E-state index contributed by atoms with van der Waals surface area (Å²) < 4.78 is 26.2. The average Bonchev–Trinajstić information content (AvgIpc) is 3.52. The first-order chi connectivity index (χ1) is 18.8. The van der Waals surface area contributed by atoms with Crippen LogP contribution in [0.15, 0.2) is 65.7 Å². The molecule has 0 aliphatic rings. The van der Waals surface area contributed by atoms with Crippen LogP contribution in [0.25, 0.3) is 11.1 Å². The molecule has 0 spiro atoms. The third-order valence-electron chi connectivity index (χ3n) is 5.73. The number of aryl methyl sites for hydroxylation is 2. The van der Waals surface area contributed by atoms with Gasteiger partial charge in [0.2, 0.25) is 5.91 Å². The topological polar surface area (TPSA) is 95.3 Å². The first-order valence-corrected chi connectivity index (χ1v) is 13.8. The molecule has 0 radical (unpaired) electrons. The van der Waals surface area contributed by atoms with Crippen molar-refractivity contribution in [3.05, 3.63) is 88.8 Å². The van der Waals surface area contributed by atoms with Crippen LogP contribution in [0.1, 0.15) is 27.3 Å². The molecule has 4 aromatic rings. The normalized spacial score (nSPS) is 10.8. The van der Waals surface area contributed by atoms with E-state index in [1.807, 2.05) is 36.6 Å². The Hall–Kier alpha value is -3.96. The molecule has 0 aliphatic carbocycles. The number of thioether (sulfide) groups is 1. The number of anilines is 1. The number of esters is 1. The molecule has 4 rings (SSSR count). The molecule has 2 aromatic heterocycles. The fourth-order valence-electron chi connectivity index (χ4n) is 3.74. The minimum atomic E-state index is -0.599. The number of methoxy groups -OCH3 is 1. The summed E-state index contributed by atoms with van der Waals surface area (Å²) >= 11 is 2.40. The van der Waals surface area contributed by atoms with Crippen LogP contribution in [0.3, 0.4) is 0 Å². The lowest BCUT2D eigenvalue weighted by Gasteiger charge is -2.11. The van der Waals surface area contributed by atoms with Gasteiger partial charge in [-0.05, 0) is 48.7 Å². The number of halogens is 1. The SMILES string of the molecule is C=CCn1c(COc2cc(C)ccc2C)nnc1SCC(=O)Nc1scc(-c2ccc(F)cc2)c1C(=O)OC. The summed E-state index contributed by atoms with van der Waals surface area (Å²) in [6, 6.07) is 11.8. The van der Waals surface area contributed by atoms with Crippen LogP contribution >= 0.6 is 23.1 Å². The van der Waals surface area contributed by atoms with E-state index in [-0.39, 0.29) is 29.6 Å². The van der Waals surface area contributed by atoms with Gasteiger partial charge in [-0.3, -0.25) is 9.36 Å². The average molecular weight is 567 g/mol. The highest BCUT2D eigenvalue weighted by Crippen LogP contribution is 2.36. The largest absolute Gasteiger partial charge is 0.485 e. The molecule has 2 aromatic carbocycles. The highest BCUT2D eigenvalue weighted by atomic mass is 32.2. The molecular formula is C28H27FN4O4S2. The minimum absolute atomic E-state index is 0.0253. The first kappa shape index (κ1) is 28.1. The van der Waals surface area contributed by atoms with E-state index in [9.17, 15) is 14.0 Å². The molecule has 0 saturated heterocycles. The number of carbonyl (C=O) groups excluding carboxylic acids is 2. The predicted molar refractivity (Wildman–Crippen MR) is 151 cm³/mol. The van der Waals surface area contributed by atoms with Crippen molar-refractivity contribution in [1.29, 1.82) is 0 Å². The Morgan fingerprint density at radius 3 is 2.67 bits per heavy atom. The lowest BCUT2D eigenvalue weighted by Crippen LogP contribution is -2.16. The summed E-state index contributed by atoms with van der Waals surface area (Å²) in [6.45, 7) is 8.44. The zero-order valence-electron chi connectivity index (χ0n) is 21.7. The van der Waals surface area contributed by atoms with Crippen molar-refractivity contribution in [3.8, 4) is 16.9 Å². The van der Waals surface area contributed by atoms with E-state index in [0.717, 1.165) is 16.9 Å². The van der Waals surface area contributed by atoms with Gasteiger partial charge in [-0.15, -0.1) is 28.1 Å². The highest BCUT2D eigenvalue weighted by Gasteiger charge is 2.23. The van der Waals surface area contributed by atoms with Crippen LogP contribution in [0.5, 0.6) is 5.75 Å². The molecule has 0 fully saturated rings. The molecule has 1 amide bonds. The van der Waals surface area contributed by atoms with Gasteiger partial charge in [0, 0.05) is 17.5 Å². The number of thiophene rings is 1. The van der Waals surface area contributed by atoms with E-state index >= 15 is 0 Å². The number of ether oxygens (including phenoxy) is 2. The van der Waals surface area contributed by atoms with Crippen molar-refractivity contribution in [2.75, 3.05) is 18.2 Å². The molecular weight excluding hydrogens is 539 g/mol. The van der Waals surface area contributed by atoms with Gasteiger partial charge in [-0.1, -0.05) is 42.1 Å². The number of hydrogen-bond donors (Lipinski definition) is 1. The maximum atomic E-state index is 13.4. The van der Waals surface area contributed by atoms with Crippen LogP contribution in [-0.4, -0.2) is 39.5 Å². The second-order valence-corrected chi connectivity index (χ2v) is 10.4. The quantitative estimate of drug-likeness (QED) is 0.134. The monoisotopic (exact) mass is 566 g/mol. The molecule has 2 heterocycles. The van der Waals surface area contributed by atoms with Crippen molar-refractivity contribution in [3.63, 3.8) is 0 Å². The molecule has 0 atom stereocenters. The molecule has 0 bridgehead atoms. The Morgan fingerprint density at radius 2 is 1.95 bits per heavy atom. The maximum absolute atomic E-state index is 13.4. The minimum Gasteiger partial charge on any atom is -0.485 e. The zero-order valence-corrected chi connectivity index (χ0v) is 23.3. The third-order valence-corrected chi connectivity index (χ3v) is 7.59. The number of nitrogens with one attached hydrogen (secondary N) is 1. The number of hydrogen-bond acceptors (Lipinski definition) is 8. The number of amides is 1. The Bertz CT molecular complexity index is 1500. The first-order valence-electron chi connectivity index (χ1n) is 11.9. The maximum Gasteiger partial charge on any atom is 0.341 e. The van der Waals surface area contributed by atoms with Gasteiger partial charge in [-0.25, -0.2) is 9.18 Å². The summed E-state index contributed by atoms with van der Waals surface area (Å²) in [4.78, 5) is 25.4. The van der Waals surface area contributed by atoms with Crippen molar-refractivity contribution >= 4 is 40.0 Å².